The van der Waals surface area contributed by atoms with Crippen molar-refractivity contribution in [2.24, 2.45) is 0 Å². The summed E-state index contributed by atoms with van der Waals surface area (Å²) >= 11 is 1.65. The van der Waals surface area contributed by atoms with E-state index in [1.54, 1.807) is 11.3 Å². The summed E-state index contributed by atoms with van der Waals surface area (Å²) in [6, 6.07) is 2.69. The summed E-state index contributed by atoms with van der Waals surface area (Å²) in [6.07, 6.45) is 1.07. The standard InChI is InChI=1S/C14H23N5S/c1-9(2)19(4)7-5-6-16-12-11-8-10(3)20-13(11)18-14(15)17-12/h8-9H,5-7H2,1-4H3,(H3,15,16,17,18). The Morgan fingerprint density at radius 1 is 1.40 bits per heavy atom. The lowest BCUT2D eigenvalue weighted by Gasteiger charge is -2.20. The zero-order valence-electron chi connectivity index (χ0n) is 12.6. The highest BCUT2D eigenvalue weighted by Crippen LogP contribution is 2.28. The molecular formula is C14H23N5S. The van der Waals surface area contributed by atoms with Crippen LogP contribution in [0, 0.1) is 6.92 Å². The van der Waals surface area contributed by atoms with E-state index in [0.29, 0.717) is 12.0 Å². The molecule has 6 heteroatoms. The molecule has 0 fully saturated rings. The van der Waals surface area contributed by atoms with Crippen LogP contribution in [-0.4, -0.2) is 41.0 Å². The molecule has 3 N–H and O–H groups in total. The van der Waals surface area contributed by atoms with Crippen LogP contribution in [0.25, 0.3) is 10.2 Å². The average molecular weight is 293 g/mol. The first kappa shape index (κ1) is 15.0. The number of nitrogens with one attached hydrogen (secondary N) is 1. The predicted molar refractivity (Wildman–Crippen MR) is 87.4 cm³/mol. The number of aryl methyl sites for hydroxylation is 1. The highest BCUT2D eigenvalue weighted by molar-refractivity contribution is 7.18. The van der Waals surface area contributed by atoms with Gasteiger partial charge in [0.15, 0.2) is 0 Å². The number of hydrogen-bond donors (Lipinski definition) is 2. The van der Waals surface area contributed by atoms with Crippen molar-refractivity contribution < 1.29 is 0 Å². The normalized spacial score (nSPS) is 11.7. The topological polar surface area (TPSA) is 67.1 Å². The van der Waals surface area contributed by atoms with Gasteiger partial charge in [-0.1, -0.05) is 0 Å². The monoisotopic (exact) mass is 293 g/mol. The second-order valence-electron chi connectivity index (χ2n) is 5.36. The van der Waals surface area contributed by atoms with E-state index >= 15 is 0 Å². The van der Waals surface area contributed by atoms with E-state index in [9.17, 15) is 0 Å². The number of nitrogens with two attached hydrogens (primary N) is 1. The molecular weight excluding hydrogens is 270 g/mol. The fourth-order valence-corrected chi connectivity index (χ4v) is 2.87. The van der Waals surface area contributed by atoms with Crippen LogP contribution in [0.5, 0.6) is 0 Å². The van der Waals surface area contributed by atoms with Gasteiger partial charge in [-0.3, -0.25) is 0 Å². The summed E-state index contributed by atoms with van der Waals surface area (Å²) in [6.45, 7) is 8.44. The third kappa shape index (κ3) is 3.58. The van der Waals surface area contributed by atoms with Crippen LogP contribution in [0.15, 0.2) is 6.07 Å². The zero-order chi connectivity index (χ0) is 14.7. The molecule has 20 heavy (non-hydrogen) atoms. The first-order chi connectivity index (χ1) is 9.47. The van der Waals surface area contributed by atoms with E-state index in [1.807, 2.05) is 0 Å². The van der Waals surface area contributed by atoms with Crippen molar-refractivity contribution in [2.45, 2.75) is 33.2 Å². The third-order valence-electron chi connectivity index (χ3n) is 3.39. The van der Waals surface area contributed by atoms with Crippen molar-refractivity contribution in [3.8, 4) is 0 Å². The van der Waals surface area contributed by atoms with E-state index in [0.717, 1.165) is 35.5 Å². The zero-order valence-corrected chi connectivity index (χ0v) is 13.4. The van der Waals surface area contributed by atoms with E-state index in [4.69, 9.17) is 5.73 Å². The van der Waals surface area contributed by atoms with Crippen LogP contribution >= 0.6 is 11.3 Å². The van der Waals surface area contributed by atoms with Crippen molar-refractivity contribution in [1.82, 2.24) is 14.9 Å². The van der Waals surface area contributed by atoms with E-state index in [2.05, 4.69) is 54.1 Å². The first-order valence-electron chi connectivity index (χ1n) is 6.95. The maximum atomic E-state index is 5.76. The molecule has 0 radical (unpaired) electrons. The fraction of sp³-hybridized carbons (Fsp3) is 0.571. The van der Waals surface area contributed by atoms with Gasteiger partial charge in [0.2, 0.25) is 5.95 Å². The van der Waals surface area contributed by atoms with Gasteiger partial charge in [-0.15, -0.1) is 11.3 Å². The third-order valence-corrected chi connectivity index (χ3v) is 4.34. The summed E-state index contributed by atoms with van der Waals surface area (Å²) in [5.74, 6) is 1.19. The highest BCUT2D eigenvalue weighted by Gasteiger charge is 2.09. The molecule has 2 aromatic heterocycles. The molecule has 2 heterocycles. The molecule has 0 aliphatic heterocycles. The molecule has 0 aliphatic rings. The second kappa shape index (κ2) is 6.37. The summed E-state index contributed by atoms with van der Waals surface area (Å²) in [5.41, 5.74) is 5.76. The molecule has 0 amide bonds. The molecule has 5 nitrogen and oxygen atoms in total. The SMILES string of the molecule is Cc1cc2c(NCCCN(C)C(C)C)nc(N)nc2s1. The summed E-state index contributed by atoms with van der Waals surface area (Å²) in [7, 11) is 2.15. The molecule has 0 aromatic carbocycles. The number of nitrogens with zero attached hydrogens (tertiary/aromatic N) is 3. The van der Waals surface area contributed by atoms with Crippen LogP contribution in [0.3, 0.4) is 0 Å². The Labute approximate surface area is 124 Å². The molecule has 0 aliphatic carbocycles. The lowest BCUT2D eigenvalue weighted by molar-refractivity contribution is 0.273. The van der Waals surface area contributed by atoms with Gasteiger partial charge in [0.05, 0.1) is 5.39 Å². The van der Waals surface area contributed by atoms with Gasteiger partial charge in [0.25, 0.3) is 0 Å². The molecule has 0 saturated heterocycles. The molecule has 0 atom stereocenters. The number of hydrogen-bond acceptors (Lipinski definition) is 6. The Balaban J connectivity index is 1.99. The van der Waals surface area contributed by atoms with Crippen LogP contribution in [0.4, 0.5) is 11.8 Å². The van der Waals surface area contributed by atoms with Gasteiger partial charge in [0, 0.05) is 17.5 Å². The van der Waals surface area contributed by atoms with Gasteiger partial charge in [0.1, 0.15) is 10.6 Å². The Morgan fingerprint density at radius 2 is 2.15 bits per heavy atom. The van der Waals surface area contributed by atoms with Crippen molar-refractivity contribution >= 4 is 33.3 Å². The van der Waals surface area contributed by atoms with Crippen LogP contribution in [-0.2, 0) is 0 Å². The minimum Gasteiger partial charge on any atom is -0.369 e. The van der Waals surface area contributed by atoms with Crippen LogP contribution in [0.2, 0.25) is 0 Å². The van der Waals surface area contributed by atoms with E-state index in [1.165, 1.54) is 4.88 Å². The Kier molecular flexibility index (Phi) is 4.77. The number of rotatable bonds is 6. The molecule has 0 spiro atoms. The van der Waals surface area contributed by atoms with Crippen molar-refractivity contribution in [3.05, 3.63) is 10.9 Å². The molecule has 110 valence electrons. The molecule has 2 rings (SSSR count). The first-order valence-corrected chi connectivity index (χ1v) is 7.77. The summed E-state index contributed by atoms with van der Waals surface area (Å²) < 4.78 is 0. The van der Waals surface area contributed by atoms with Crippen molar-refractivity contribution in [1.29, 1.82) is 0 Å². The smallest absolute Gasteiger partial charge is 0.223 e. The quantitative estimate of drug-likeness (QED) is 0.802. The molecule has 0 saturated carbocycles. The van der Waals surface area contributed by atoms with Crippen LogP contribution < -0.4 is 11.1 Å². The van der Waals surface area contributed by atoms with Crippen molar-refractivity contribution in [3.63, 3.8) is 0 Å². The predicted octanol–water partition coefficient (Wildman–Crippen LogP) is 2.72. The minimum atomic E-state index is 0.334. The fourth-order valence-electron chi connectivity index (χ4n) is 1.99. The van der Waals surface area contributed by atoms with Gasteiger partial charge in [-0.2, -0.15) is 4.98 Å². The molecule has 2 aromatic rings. The Hall–Kier alpha value is -1.40. The summed E-state index contributed by atoms with van der Waals surface area (Å²) in [4.78, 5) is 13.1. The van der Waals surface area contributed by atoms with E-state index in [-0.39, 0.29) is 0 Å². The maximum absolute atomic E-state index is 5.76. The van der Waals surface area contributed by atoms with E-state index < -0.39 is 0 Å². The van der Waals surface area contributed by atoms with Crippen LogP contribution in [0.1, 0.15) is 25.1 Å². The largest absolute Gasteiger partial charge is 0.369 e. The number of fused-ring (bicyclic) bond motifs is 1. The Morgan fingerprint density at radius 3 is 2.85 bits per heavy atom. The van der Waals surface area contributed by atoms with Gasteiger partial charge in [-0.25, -0.2) is 4.98 Å². The number of anilines is 2. The molecule has 0 bridgehead atoms. The van der Waals surface area contributed by atoms with Gasteiger partial charge in [-0.05, 0) is 46.9 Å². The van der Waals surface area contributed by atoms with Crippen molar-refractivity contribution in [2.75, 3.05) is 31.2 Å². The second-order valence-corrected chi connectivity index (χ2v) is 6.60. The molecule has 0 unspecified atom stereocenters. The summed E-state index contributed by atoms with van der Waals surface area (Å²) in [5, 5.41) is 4.45. The minimum absolute atomic E-state index is 0.334. The lowest BCUT2D eigenvalue weighted by Crippen LogP contribution is -2.28. The number of nitrogen functional groups attached to an aromatic ring is 1. The Bertz CT molecular complexity index is 578. The lowest BCUT2D eigenvalue weighted by atomic mass is 10.3. The average Bonchev–Trinajstić information content (AvgIpc) is 2.74. The maximum Gasteiger partial charge on any atom is 0.223 e. The highest BCUT2D eigenvalue weighted by atomic mass is 32.1. The number of thiophene rings is 1. The van der Waals surface area contributed by atoms with Gasteiger partial charge < -0.3 is 16.0 Å². The van der Waals surface area contributed by atoms with Gasteiger partial charge >= 0.3 is 0 Å². The number of aromatic nitrogens is 2.